The molecule has 1 N–H and O–H groups in total. The zero-order valence-corrected chi connectivity index (χ0v) is 11.7. The standard InChI is InChI=1S/C15H15F2N3O/c1-9(2)14-18-6-5-13(20-14)15(21)19-8-10-3-4-11(16)7-12(10)17/h3-7,9H,8H2,1-2H3,(H,19,21). The van der Waals surface area contributed by atoms with E-state index in [0.29, 0.717) is 5.82 Å². The molecule has 0 saturated heterocycles. The minimum atomic E-state index is -0.694. The van der Waals surface area contributed by atoms with Crippen LogP contribution in [-0.2, 0) is 6.54 Å². The highest BCUT2D eigenvalue weighted by atomic mass is 19.1. The van der Waals surface area contributed by atoms with Crippen LogP contribution in [0.15, 0.2) is 30.5 Å². The first kappa shape index (κ1) is 15.0. The smallest absolute Gasteiger partial charge is 0.270 e. The van der Waals surface area contributed by atoms with Crippen molar-refractivity contribution in [3.8, 4) is 0 Å². The lowest BCUT2D eigenvalue weighted by molar-refractivity contribution is 0.0945. The predicted molar refractivity (Wildman–Crippen MR) is 73.6 cm³/mol. The molecule has 4 nitrogen and oxygen atoms in total. The molecule has 0 fully saturated rings. The molecule has 0 aliphatic rings. The Morgan fingerprint density at radius 2 is 2.05 bits per heavy atom. The topological polar surface area (TPSA) is 54.9 Å². The van der Waals surface area contributed by atoms with Crippen LogP contribution in [0.4, 0.5) is 8.78 Å². The minimum absolute atomic E-state index is 0.0358. The predicted octanol–water partition coefficient (Wildman–Crippen LogP) is 2.81. The number of hydrogen-bond acceptors (Lipinski definition) is 3. The Morgan fingerprint density at radius 3 is 2.71 bits per heavy atom. The van der Waals surface area contributed by atoms with E-state index >= 15 is 0 Å². The number of benzene rings is 1. The second kappa shape index (κ2) is 6.39. The van der Waals surface area contributed by atoms with Gasteiger partial charge in [-0.1, -0.05) is 19.9 Å². The van der Waals surface area contributed by atoms with E-state index in [1.165, 1.54) is 18.3 Å². The molecule has 2 rings (SSSR count). The van der Waals surface area contributed by atoms with Gasteiger partial charge in [-0.15, -0.1) is 0 Å². The van der Waals surface area contributed by atoms with Gasteiger partial charge in [-0.05, 0) is 12.1 Å². The molecule has 1 heterocycles. The Hall–Kier alpha value is -2.37. The number of aromatic nitrogens is 2. The average molecular weight is 291 g/mol. The molecule has 21 heavy (non-hydrogen) atoms. The molecule has 110 valence electrons. The summed E-state index contributed by atoms with van der Waals surface area (Å²) in [5.41, 5.74) is 0.430. The van der Waals surface area contributed by atoms with Crippen LogP contribution in [0.5, 0.6) is 0 Å². The Morgan fingerprint density at radius 1 is 1.29 bits per heavy atom. The van der Waals surface area contributed by atoms with Crippen molar-refractivity contribution in [3.63, 3.8) is 0 Å². The molecular formula is C15H15F2N3O. The fraction of sp³-hybridized carbons (Fsp3) is 0.267. The van der Waals surface area contributed by atoms with Crippen LogP contribution < -0.4 is 5.32 Å². The van der Waals surface area contributed by atoms with Crippen molar-refractivity contribution < 1.29 is 13.6 Å². The number of nitrogens with one attached hydrogen (secondary N) is 1. The molecule has 1 aromatic heterocycles. The number of amides is 1. The molecule has 0 bridgehead atoms. The lowest BCUT2D eigenvalue weighted by Crippen LogP contribution is -2.25. The molecule has 0 radical (unpaired) electrons. The lowest BCUT2D eigenvalue weighted by Gasteiger charge is -2.08. The van der Waals surface area contributed by atoms with Crippen LogP contribution in [0.25, 0.3) is 0 Å². The molecule has 6 heteroatoms. The molecular weight excluding hydrogens is 276 g/mol. The van der Waals surface area contributed by atoms with E-state index < -0.39 is 17.5 Å². The van der Waals surface area contributed by atoms with E-state index in [0.717, 1.165) is 12.1 Å². The first-order chi connectivity index (χ1) is 9.97. The van der Waals surface area contributed by atoms with Crippen molar-refractivity contribution in [2.75, 3.05) is 0 Å². The first-order valence-electron chi connectivity index (χ1n) is 6.52. The summed E-state index contributed by atoms with van der Waals surface area (Å²) in [6.45, 7) is 3.81. The summed E-state index contributed by atoms with van der Waals surface area (Å²) in [7, 11) is 0. The lowest BCUT2D eigenvalue weighted by atomic mass is 10.2. The maximum atomic E-state index is 13.5. The number of carbonyl (C=O) groups is 1. The number of hydrogen-bond donors (Lipinski definition) is 1. The van der Waals surface area contributed by atoms with Crippen molar-refractivity contribution in [1.29, 1.82) is 0 Å². The molecule has 1 amide bonds. The fourth-order valence-electron chi connectivity index (χ4n) is 1.71. The van der Waals surface area contributed by atoms with E-state index in [2.05, 4.69) is 15.3 Å². The molecule has 0 saturated carbocycles. The van der Waals surface area contributed by atoms with Crippen LogP contribution >= 0.6 is 0 Å². The number of rotatable bonds is 4. The van der Waals surface area contributed by atoms with Crippen LogP contribution in [-0.4, -0.2) is 15.9 Å². The monoisotopic (exact) mass is 291 g/mol. The highest BCUT2D eigenvalue weighted by Gasteiger charge is 2.11. The summed E-state index contributed by atoms with van der Waals surface area (Å²) in [6.07, 6.45) is 1.51. The van der Waals surface area contributed by atoms with Gasteiger partial charge in [-0.2, -0.15) is 0 Å². The summed E-state index contributed by atoms with van der Waals surface area (Å²) in [4.78, 5) is 20.2. The van der Waals surface area contributed by atoms with E-state index in [9.17, 15) is 13.6 Å². The van der Waals surface area contributed by atoms with Gasteiger partial charge in [-0.3, -0.25) is 4.79 Å². The summed E-state index contributed by atoms with van der Waals surface area (Å²) >= 11 is 0. The van der Waals surface area contributed by atoms with Crippen LogP contribution in [0.3, 0.4) is 0 Å². The molecule has 0 unspecified atom stereocenters. The first-order valence-corrected chi connectivity index (χ1v) is 6.52. The van der Waals surface area contributed by atoms with E-state index in [-0.39, 0.29) is 23.7 Å². The van der Waals surface area contributed by atoms with Crippen molar-refractivity contribution in [2.45, 2.75) is 26.3 Å². The van der Waals surface area contributed by atoms with Crippen LogP contribution in [0.1, 0.15) is 41.6 Å². The van der Waals surface area contributed by atoms with Crippen LogP contribution in [0.2, 0.25) is 0 Å². The number of nitrogens with zero attached hydrogens (tertiary/aromatic N) is 2. The molecule has 2 aromatic rings. The van der Waals surface area contributed by atoms with Crippen molar-refractivity contribution in [3.05, 3.63) is 59.2 Å². The summed E-state index contributed by atoms with van der Waals surface area (Å²) < 4.78 is 26.2. The molecule has 0 aliphatic heterocycles. The maximum absolute atomic E-state index is 13.5. The van der Waals surface area contributed by atoms with Crippen molar-refractivity contribution in [2.24, 2.45) is 0 Å². The Balaban J connectivity index is 2.06. The Kier molecular flexibility index (Phi) is 4.57. The normalized spacial score (nSPS) is 10.7. The van der Waals surface area contributed by atoms with Crippen LogP contribution in [0, 0.1) is 11.6 Å². The van der Waals surface area contributed by atoms with Gasteiger partial charge in [0, 0.05) is 30.3 Å². The largest absolute Gasteiger partial charge is 0.347 e. The second-order valence-corrected chi connectivity index (χ2v) is 4.87. The molecule has 0 aliphatic carbocycles. The average Bonchev–Trinajstić information content (AvgIpc) is 2.46. The van der Waals surface area contributed by atoms with E-state index in [1.54, 1.807) is 0 Å². The van der Waals surface area contributed by atoms with Crippen molar-refractivity contribution >= 4 is 5.91 Å². The van der Waals surface area contributed by atoms with Crippen molar-refractivity contribution in [1.82, 2.24) is 15.3 Å². The number of carbonyl (C=O) groups excluding carboxylic acids is 1. The zero-order chi connectivity index (χ0) is 15.4. The Labute approximate surface area is 121 Å². The third-order valence-corrected chi connectivity index (χ3v) is 2.88. The van der Waals surface area contributed by atoms with Gasteiger partial charge in [0.25, 0.3) is 5.91 Å². The molecule has 0 atom stereocenters. The fourth-order valence-corrected chi connectivity index (χ4v) is 1.71. The van der Waals surface area contributed by atoms with Gasteiger partial charge >= 0.3 is 0 Å². The van der Waals surface area contributed by atoms with E-state index in [1.807, 2.05) is 13.8 Å². The summed E-state index contributed by atoms with van der Waals surface area (Å²) in [6, 6.07) is 4.71. The summed E-state index contributed by atoms with van der Waals surface area (Å²) in [5, 5.41) is 2.55. The molecule has 0 spiro atoms. The SMILES string of the molecule is CC(C)c1nccc(C(=O)NCc2ccc(F)cc2F)n1. The summed E-state index contributed by atoms with van der Waals surface area (Å²) in [5.74, 6) is -1.10. The number of halogens is 2. The highest BCUT2D eigenvalue weighted by molar-refractivity contribution is 5.92. The van der Waals surface area contributed by atoms with Gasteiger partial charge in [0.05, 0.1) is 0 Å². The minimum Gasteiger partial charge on any atom is -0.347 e. The maximum Gasteiger partial charge on any atom is 0.270 e. The van der Waals surface area contributed by atoms with Gasteiger partial charge in [-0.25, -0.2) is 18.7 Å². The highest BCUT2D eigenvalue weighted by Crippen LogP contribution is 2.10. The van der Waals surface area contributed by atoms with Gasteiger partial charge in [0.15, 0.2) is 0 Å². The van der Waals surface area contributed by atoms with E-state index in [4.69, 9.17) is 0 Å². The van der Waals surface area contributed by atoms with Gasteiger partial charge in [0.1, 0.15) is 23.2 Å². The van der Waals surface area contributed by atoms with Gasteiger partial charge < -0.3 is 5.32 Å². The third kappa shape index (κ3) is 3.81. The quantitative estimate of drug-likeness (QED) is 0.942. The second-order valence-electron chi connectivity index (χ2n) is 4.87. The van der Waals surface area contributed by atoms with Gasteiger partial charge in [0.2, 0.25) is 0 Å². The zero-order valence-electron chi connectivity index (χ0n) is 11.7. The third-order valence-electron chi connectivity index (χ3n) is 2.88. The Bertz CT molecular complexity index is 659. The molecule has 1 aromatic carbocycles.